The van der Waals surface area contributed by atoms with Gasteiger partial charge in [-0.1, -0.05) is 5.16 Å². The van der Waals surface area contributed by atoms with E-state index in [0.29, 0.717) is 0 Å². The number of ketones is 2. The number of rotatable bonds is 6. The van der Waals surface area contributed by atoms with Crippen molar-refractivity contribution in [2.45, 2.75) is 6.92 Å². The molecule has 0 aliphatic rings. The molecule has 0 saturated carbocycles. The van der Waals surface area contributed by atoms with Crippen LogP contribution in [0.2, 0.25) is 0 Å². The lowest BCUT2D eigenvalue weighted by molar-refractivity contribution is -0.131. The highest BCUT2D eigenvalue weighted by Gasteiger charge is 2.19. The lowest BCUT2D eigenvalue weighted by atomic mass is 10.3. The summed E-state index contributed by atoms with van der Waals surface area (Å²) in [5.41, 5.74) is -0.818. The van der Waals surface area contributed by atoms with E-state index in [9.17, 15) is 14.4 Å². The molecular formula is C7H8ClNO5. The quantitative estimate of drug-likeness (QED) is 0.291. The van der Waals surface area contributed by atoms with E-state index in [4.69, 9.17) is 16.7 Å². The van der Waals surface area contributed by atoms with E-state index in [1.165, 1.54) is 6.92 Å². The number of carboxylic acid groups (broad SMARTS) is 1. The number of hydrogen-bond acceptors (Lipinski definition) is 5. The summed E-state index contributed by atoms with van der Waals surface area (Å²) in [5, 5.41) is 11.5. The van der Waals surface area contributed by atoms with Crippen LogP contribution in [0.25, 0.3) is 0 Å². The Morgan fingerprint density at radius 3 is 2.36 bits per heavy atom. The second kappa shape index (κ2) is 6.09. The number of alkyl halides is 1. The monoisotopic (exact) mass is 221 g/mol. The normalized spacial score (nSPS) is 10.9. The highest BCUT2D eigenvalue weighted by molar-refractivity contribution is 6.67. The zero-order chi connectivity index (χ0) is 11.1. The predicted octanol–water partition coefficient (Wildman–Crippen LogP) is -0.160. The van der Waals surface area contributed by atoms with Crippen molar-refractivity contribution in [2.24, 2.45) is 5.16 Å². The zero-order valence-electron chi connectivity index (χ0n) is 7.32. The first-order valence-corrected chi connectivity index (χ1v) is 4.04. The van der Waals surface area contributed by atoms with Crippen molar-refractivity contribution in [3.63, 3.8) is 0 Å². The number of hydrogen-bond donors (Lipinski definition) is 1. The maximum absolute atomic E-state index is 10.8. The van der Waals surface area contributed by atoms with E-state index in [2.05, 4.69) is 9.99 Å². The number of carbonyl (C=O) groups is 3. The minimum atomic E-state index is -1.54. The highest BCUT2D eigenvalue weighted by atomic mass is 35.5. The molecule has 0 aromatic rings. The maximum atomic E-state index is 10.8. The molecule has 0 unspecified atom stereocenters. The zero-order valence-corrected chi connectivity index (χ0v) is 8.08. The molecule has 1 N–H and O–H groups in total. The second-order valence-electron chi connectivity index (χ2n) is 2.28. The van der Waals surface area contributed by atoms with Gasteiger partial charge in [0.15, 0.2) is 12.4 Å². The summed E-state index contributed by atoms with van der Waals surface area (Å²) in [6.45, 7) is 0.853. The van der Waals surface area contributed by atoms with Crippen molar-refractivity contribution >= 4 is 34.8 Å². The summed E-state index contributed by atoms with van der Waals surface area (Å²) < 4.78 is 0. The van der Waals surface area contributed by atoms with Crippen molar-refractivity contribution in [3.05, 3.63) is 0 Å². The average Bonchev–Trinajstić information content (AvgIpc) is 2.10. The molecular weight excluding hydrogens is 214 g/mol. The molecule has 0 aliphatic heterocycles. The van der Waals surface area contributed by atoms with Crippen molar-refractivity contribution in [3.8, 4) is 0 Å². The summed E-state index contributed by atoms with van der Waals surface area (Å²) in [6, 6.07) is 0. The number of oxime groups is 1. The number of aliphatic carboxylic acids is 1. The topological polar surface area (TPSA) is 93.0 Å². The molecule has 0 radical (unpaired) electrons. The minimum absolute atomic E-state index is 0.336. The molecule has 0 saturated heterocycles. The van der Waals surface area contributed by atoms with Gasteiger partial charge in [0.2, 0.25) is 11.5 Å². The van der Waals surface area contributed by atoms with Gasteiger partial charge < -0.3 is 9.94 Å². The van der Waals surface area contributed by atoms with Crippen LogP contribution in [-0.4, -0.2) is 40.8 Å². The molecule has 78 valence electrons. The molecule has 0 aromatic carbocycles. The third-order valence-electron chi connectivity index (χ3n) is 1.01. The van der Waals surface area contributed by atoms with Gasteiger partial charge in [0, 0.05) is 0 Å². The van der Waals surface area contributed by atoms with Crippen molar-refractivity contribution in [1.29, 1.82) is 0 Å². The fraction of sp³-hybridized carbons (Fsp3) is 0.429. The number of halogens is 1. The summed E-state index contributed by atoms with van der Waals surface area (Å²) in [4.78, 5) is 35.9. The van der Waals surface area contributed by atoms with Gasteiger partial charge >= 0.3 is 5.97 Å². The fourth-order valence-corrected chi connectivity index (χ4v) is 0.587. The van der Waals surface area contributed by atoms with Gasteiger partial charge in [-0.25, -0.2) is 4.79 Å². The van der Waals surface area contributed by atoms with Crippen LogP contribution in [0.15, 0.2) is 5.16 Å². The Kier molecular flexibility index (Phi) is 5.47. The molecule has 0 spiro atoms. The van der Waals surface area contributed by atoms with E-state index >= 15 is 0 Å². The lowest BCUT2D eigenvalue weighted by Gasteiger charge is -1.97. The van der Waals surface area contributed by atoms with Crippen molar-refractivity contribution in [2.75, 3.05) is 12.5 Å². The molecule has 0 rings (SSSR count). The maximum Gasteiger partial charge on any atom is 0.361 e. The molecule has 14 heavy (non-hydrogen) atoms. The number of carbonyl (C=O) groups excluding carboxylic acids is 2. The smallest absolute Gasteiger partial charge is 0.361 e. The third-order valence-corrected chi connectivity index (χ3v) is 1.25. The molecule has 7 heteroatoms. The standard InChI is InChI=1S/C7H8ClNO5/c1-4(10)3-14-9-6(7(12)13)5(11)2-8/h2-3H2,1H3,(H,12,13)/b9-6-. The summed E-state index contributed by atoms with van der Waals surface area (Å²) in [7, 11) is 0. The van der Waals surface area contributed by atoms with Crippen LogP contribution >= 0.6 is 11.6 Å². The fourth-order valence-electron chi connectivity index (χ4n) is 0.460. The average molecular weight is 222 g/mol. The van der Waals surface area contributed by atoms with Crippen LogP contribution in [0, 0.1) is 0 Å². The van der Waals surface area contributed by atoms with Crippen LogP contribution < -0.4 is 0 Å². The lowest BCUT2D eigenvalue weighted by Crippen LogP contribution is -2.25. The van der Waals surface area contributed by atoms with Gasteiger partial charge in [-0.15, -0.1) is 11.6 Å². The molecule has 0 bridgehead atoms. The summed E-state index contributed by atoms with van der Waals surface area (Å²) >= 11 is 5.12. The first-order chi connectivity index (χ1) is 6.49. The number of nitrogens with zero attached hydrogens (tertiary/aromatic N) is 1. The second-order valence-corrected chi connectivity index (χ2v) is 2.54. The molecule has 0 aromatic heterocycles. The predicted molar refractivity (Wildman–Crippen MR) is 47.4 cm³/mol. The molecule has 6 nitrogen and oxygen atoms in total. The minimum Gasteiger partial charge on any atom is -0.476 e. The molecule has 0 fully saturated rings. The van der Waals surface area contributed by atoms with Gasteiger partial charge in [-0.3, -0.25) is 9.59 Å². The summed E-state index contributed by atoms with van der Waals surface area (Å²) in [6.07, 6.45) is 0. The van der Waals surface area contributed by atoms with Crippen LogP contribution in [0.3, 0.4) is 0 Å². The Hall–Kier alpha value is -1.43. The van der Waals surface area contributed by atoms with Crippen LogP contribution in [0.5, 0.6) is 0 Å². The third kappa shape index (κ3) is 4.56. The SMILES string of the molecule is CC(=O)CO/N=C(\C(=O)O)C(=O)CCl. The number of carboxylic acids is 1. The van der Waals surface area contributed by atoms with Crippen LogP contribution in [0.4, 0.5) is 0 Å². The molecule has 0 heterocycles. The van der Waals surface area contributed by atoms with E-state index in [-0.39, 0.29) is 12.4 Å². The van der Waals surface area contributed by atoms with Gasteiger partial charge in [-0.05, 0) is 6.92 Å². The van der Waals surface area contributed by atoms with E-state index in [1.807, 2.05) is 0 Å². The first kappa shape index (κ1) is 12.6. The Bertz CT molecular complexity index is 286. The van der Waals surface area contributed by atoms with Gasteiger partial charge in [-0.2, -0.15) is 0 Å². The van der Waals surface area contributed by atoms with Gasteiger partial charge in [0.25, 0.3) is 0 Å². The van der Waals surface area contributed by atoms with E-state index in [1.54, 1.807) is 0 Å². The Labute approximate surface area is 84.5 Å². The Morgan fingerprint density at radius 1 is 1.43 bits per heavy atom. The molecule has 0 atom stereocenters. The molecule has 0 amide bonds. The van der Waals surface area contributed by atoms with E-state index < -0.39 is 23.3 Å². The van der Waals surface area contributed by atoms with E-state index in [0.717, 1.165) is 0 Å². The molecule has 0 aliphatic carbocycles. The van der Waals surface area contributed by atoms with Crippen molar-refractivity contribution in [1.82, 2.24) is 0 Å². The Balaban J connectivity index is 4.42. The van der Waals surface area contributed by atoms with Crippen LogP contribution in [0.1, 0.15) is 6.92 Å². The first-order valence-electron chi connectivity index (χ1n) is 3.51. The van der Waals surface area contributed by atoms with Crippen LogP contribution in [-0.2, 0) is 19.2 Å². The largest absolute Gasteiger partial charge is 0.476 e. The van der Waals surface area contributed by atoms with Gasteiger partial charge in [0.1, 0.15) is 0 Å². The van der Waals surface area contributed by atoms with Gasteiger partial charge in [0.05, 0.1) is 5.88 Å². The van der Waals surface area contributed by atoms with Crippen molar-refractivity contribution < 1.29 is 24.3 Å². The highest BCUT2D eigenvalue weighted by Crippen LogP contribution is 1.89. The summed E-state index contributed by atoms with van der Waals surface area (Å²) in [5.74, 6) is -3.26. The Morgan fingerprint density at radius 2 is 2.00 bits per heavy atom. The number of Topliss-reactive ketones (excluding diaryl/α,β-unsaturated/α-hetero) is 2.